The summed E-state index contributed by atoms with van der Waals surface area (Å²) in [6, 6.07) is 2.55. The van der Waals surface area contributed by atoms with E-state index in [2.05, 4.69) is 4.98 Å². The van der Waals surface area contributed by atoms with E-state index in [4.69, 9.17) is 5.14 Å². The molecule has 0 unspecified atom stereocenters. The van der Waals surface area contributed by atoms with E-state index < -0.39 is 14.9 Å². The van der Waals surface area contributed by atoms with Gasteiger partial charge in [-0.05, 0) is 0 Å². The second-order valence-electron chi connectivity index (χ2n) is 2.82. The van der Waals surface area contributed by atoms with E-state index in [1.54, 1.807) is 0 Å². The quantitative estimate of drug-likeness (QED) is 0.466. The summed E-state index contributed by atoms with van der Waals surface area (Å²) in [6.45, 7) is 0. The molecule has 0 bridgehead atoms. The molecular formula is C7H9N3O4S2. The number of hydrogen-bond acceptors (Lipinski definition) is 6. The zero-order valence-corrected chi connectivity index (χ0v) is 9.70. The Morgan fingerprint density at radius 1 is 1.56 bits per heavy atom. The lowest BCUT2D eigenvalue weighted by Gasteiger charge is -1.99. The van der Waals surface area contributed by atoms with Crippen LogP contribution in [0.25, 0.3) is 0 Å². The van der Waals surface area contributed by atoms with Crippen molar-refractivity contribution in [2.45, 2.75) is 5.03 Å². The third-order valence-electron chi connectivity index (χ3n) is 1.55. The molecule has 1 aromatic rings. The van der Waals surface area contributed by atoms with Crippen molar-refractivity contribution >= 4 is 27.5 Å². The summed E-state index contributed by atoms with van der Waals surface area (Å²) in [6.07, 6.45) is 1.30. The molecule has 0 amide bonds. The minimum atomic E-state index is -3.50. The molecule has 0 atom stereocenters. The average Bonchev–Trinajstić information content (AvgIpc) is 2.16. The van der Waals surface area contributed by atoms with Crippen molar-refractivity contribution in [3.8, 4) is 0 Å². The molecule has 0 aliphatic carbocycles. The van der Waals surface area contributed by atoms with Crippen LogP contribution in [0.15, 0.2) is 23.4 Å². The van der Waals surface area contributed by atoms with E-state index in [1.807, 2.05) is 0 Å². The van der Waals surface area contributed by atoms with Gasteiger partial charge in [0.2, 0.25) is 10.0 Å². The van der Waals surface area contributed by atoms with Crippen LogP contribution in [0.5, 0.6) is 0 Å². The number of aromatic nitrogens is 1. The molecule has 1 heterocycles. The number of nitrogens with zero attached hydrogens (tertiary/aromatic N) is 2. The van der Waals surface area contributed by atoms with Crippen molar-refractivity contribution in [3.05, 3.63) is 28.4 Å². The Labute approximate surface area is 96.3 Å². The molecule has 7 nitrogen and oxygen atoms in total. The van der Waals surface area contributed by atoms with Crippen LogP contribution in [0.2, 0.25) is 0 Å². The van der Waals surface area contributed by atoms with Gasteiger partial charge in [0.05, 0.1) is 10.7 Å². The van der Waals surface area contributed by atoms with Gasteiger partial charge in [0.25, 0.3) is 5.69 Å². The first-order valence-electron chi connectivity index (χ1n) is 4.12. The molecule has 1 rings (SSSR count). The monoisotopic (exact) mass is 263 g/mol. The normalized spacial score (nSPS) is 11.3. The molecule has 0 aromatic carbocycles. The highest BCUT2D eigenvalue weighted by atomic mass is 32.2. The van der Waals surface area contributed by atoms with Gasteiger partial charge >= 0.3 is 0 Å². The van der Waals surface area contributed by atoms with Crippen LogP contribution < -0.4 is 5.14 Å². The van der Waals surface area contributed by atoms with Crippen molar-refractivity contribution in [1.82, 2.24) is 4.98 Å². The van der Waals surface area contributed by atoms with E-state index >= 15 is 0 Å². The lowest BCUT2D eigenvalue weighted by atomic mass is 10.4. The molecular weight excluding hydrogens is 254 g/mol. The van der Waals surface area contributed by atoms with Gasteiger partial charge in [-0.15, -0.1) is 11.8 Å². The van der Waals surface area contributed by atoms with E-state index in [0.29, 0.717) is 5.03 Å². The van der Waals surface area contributed by atoms with Gasteiger partial charge in [0.1, 0.15) is 5.03 Å². The first kappa shape index (κ1) is 12.9. The van der Waals surface area contributed by atoms with Crippen LogP contribution in [0, 0.1) is 10.1 Å². The molecule has 88 valence electrons. The maximum absolute atomic E-state index is 10.6. The van der Waals surface area contributed by atoms with Crippen molar-refractivity contribution in [2.75, 3.05) is 11.5 Å². The second kappa shape index (κ2) is 5.23. The Bertz CT molecular complexity index is 488. The van der Waals surface area contributed by atoms with Crippen LogP contribution in [-0.4, -0.2) is 29.8 Å². The molecule has 16 heavy (non-hydrogen) atoms. The second-order valence-corrected chi connectivity index (χ2v) is 5.67. The highest BCUT2D eigenvalue weighted by molar-refractivity contribution is 8.00. The van der Waals surface area contributed by atoms with Crippen molar-refractivity contribution in [1.29, 1.82) is 0 Å². The minimum Gasteiger partial charge on any atom is -0.258 e. The third kappa shape index (κ3) is 4.55. The Balaban J connectivity index is 2.61. The van der Waals surface area contributed by atoms with Crippen LogP contribution >= 0.6 is 11.8 Å². The lowest BCUT2D eigenvalue weighted by Crippen LogP contribution is -2.17. The SMILES string of the molecule is NS(=O)(=O)CCSc1cc([N+](=O)[O-])ccn1. The summed E-state index contributed by atoms with van der Waals surface area (Å²) < 4.78 is 21.3. The number of rotatable bonds is 5. The number of nitro groups is 1. The summed E-state index contributed by atoms with van der Waals surface area (Å²) in [5.41, 5.74) is -0.0758. The van der Waals surface area contributed by atoms with Crippen molar-refractivity contribution < 1.29 is 13.3 Å². The summed E-state index contributed by atoms with van der Waals surface area (Å²) in [5, 5.41) is 15.6. The predicted octanol–water partition coefficient (Wildman–Crippen LogP) is 0.370. The van der Waals surface area contributed by atoms with Crippen LogP contribution in [0.1, 0.15) is 0 Å². The maximum atomic E-state index is 10.6. The zero-order valence-electron chi connectivity index (χ0n) is 8.07. The van der Waals surface area contributed by atoms with Gasteiger partial charge in [0.15, 0.2) is 0 Å². The Morgan fingerprint density at radius 2 is 2.25 bits per heavy atom. The first-order valence-corrected chi connectivity index (χ1v) is 6.82. The Kier molecular flexibility index (Phi) is 4.21. The van der Waals surface area contributed by atoms with Crippen molar-refractivity contribution in [3.63, 3.8) is 0 Å². The third-order valence-corrected chi connectivity index (χ3v) is 3.51. The first-order chi connectivity index (χ1) is 7.38. The molecule has 0 saturated carbocycles. The lowest BCUT2D eigenvalue weighted by molar-refractivity contribution is -0.385. The van der Waals surface area contributed by atoms with E-state index in [9.17, 15) is 18.5 Å². The zero-order chi connectivity index (χ0) is 12.2. The van der Waals surface area contributed by atoms with Gasteiger partial charge < -0.3 is 0 Å². The van der Waals surface area contributed by atoms with Crippen LogP contribution in [-0.2, 0) is 10.0 Å². The molecule has 0 saturated heterocycles. The summed E-state index contributed by atoms with van der Waals surface area (Å²) >= 11 is 1.10. The molecule has 1 aromatic heterocycles. The number of sulfonamides is 1. The smallest absolute Gasteiger partial charge is 0.258 e. The molecule has 0 fully saturated rings. The van der Waals surface area contributed by atoms with Crippen LogP contribution in [0.3, 0.4) is 0 Å². The minimum absolute atomic E-state index is 0.0758. The van der Waals surface area contributed by atoms with Gasteiger partial charge in [-0.2, -0.15) is 0 Å². The standard InChI is InChI=1S/C7H9N3O4S2/c8-16(13,14)4-3-15-7-5-6(10(11)12)1-2-9-7/h1-2,5H,3-4H2,(H2,8,13,14). The number of nitrogens with two attached hydrogens (primary N) is 1. The molecule has 0 aliphatic rings. The molecule has 0 spiro atoms. The van der Waals surface area contributed by atoms with Gasteiger partial charge in [-0.1, -0.05) is 0 Å². The molecule has 9 heteroatoms. The van der Waals surface area contributed by atoms with Crippen molar-refractivity contribution in [2.24, 2.45) is 5.14 Å². The Morgan fingerprint density at radius 3 is 2.81 bits per heavy atom. The Hall–Kier alpha value is -1.19. The number of primary sulfonamides is 1. The average molecular weight is 263 g/mol. The van der Waals surface area contributed by atoms with E-state index in [0.717, 1.165) is 11.8 Å². The molecule has 2 N–H and O–H groups in total. The highest BCUT2D eigenvalue weighted by Gasteiger charge is 2.08. The summed E-state index contributed by atoms with van der Waals surface area (Å²) in [7, 11) is -3.50. The fourth-order valence-corrected chi connectivity index (χ4v) is 2.67. The number of pyridine rings is 1. The largest absolute Gasteiger partial charge is 0.273 e. The maximum Gasteiger partial charge on any atom is 0.273 e. The summed E-state index contributed by atoms with van der Waals surface area (Å²) in [5.74, 6) is 0.0229. The fourth-order valence-electron chi connectivity index (χ4n) is 0.854. The topological polar surface area (TPSA) is 116 Å². The number of thioether (sulfide) groups is 1. The number of hydrogen-bond donors (Lipinski definition) is 1. The van der Waals surface area contributed by atoms with Gasteiger partial charge in [-0.3, -0.25) is 10.1 Å². The van der Waals surface area contributed by atoms with E-state index in [1.165, 1.54) is 18.3 Å². The summed E-state index contributed by atoms with van der Waals surface area (Å²) in [4.78, 5) is 13.8. The predicted molar refractivity (Wildman–Crippen MR) is 59.6 cm³/mol. The van der Waals surface area contributed by atoms with Gasteiger partial charge in [-0.25, -0.2) is 18.5 Å². The molecule has 0 radical (unpaired) electrons. The van der Waals surface area contributed by atoms with Crippen LogP contribution in [0.4, 0.5) is 5.69 Å². The fraction of sp³-hybridized carbons (Fsp3) is 0.286. The van der Waals surface area contributed by atoms with Gasteiger partial charge in [0, 0.05) is 24.1 Å². The highest BCUT2D eigenvalue weighted by Crippen LogP contribution is 2.19. The molecule has 0 aliphatic heterocycles. The van der Waals surface area contributed by atoms with E-state index in [-0.39, 0.29) is 17.2 Å².